The Morgan fingerprint density at radius 1 is 1.47 bits per heavy atom. The fourth-order valence-electron chi connectivity index (χ4n) is 2.05. The van der Waals surface area contributed by atoms with Crippen molar-refractivity contribution in [3.63, 3.8) is 0 Å². The molecule has 0 spiro atoms. The maximum Gasteiger partial charge on any atom is 0.231 e. The molecule has 1 amide bonds. The summed E-state index contributed by atoms with van der Waals surface area (Å²) in [5.41, 5.74) is 0.117. The molecule has 0 radical (unpaired) electrons. The first-order chi connectivity index (χ1) is 9.15. The third-order valence-electron chi connectivity index (χ3n) is 3.22. The molecular formula is C13H17FN2O3. The molecular weight excluding hydrogens is 251 g/mol. The van der Waals surface area contributed by atoms with E-state index in [1.807, 2.05) is 0 Å². The van der Waals surface area contributed by atoms with Crippen molar-refractivity contribution in [3.8, 4) is 5.75 Å². The average molecular weight is 268 g/mol. The Labute approximate surface area is 111 Å². The second-order valence-electron chi connectivity index (χ2n) is 4.37. The number of benzene rings is 1. The van der Waals surface area contributed by atoms with Gasteiger partial charge in [0.2, 0.25) is 5.91 Å². The lowest BCUT2D eigenvalue weighted by Crippen LogP contribution is -2.39. The largest absolute Gasteiger partial charge is 0.497 e. The normalized spacial score (nSPS) is 22.3. The Hall–Kier alpha value is -1.66. The number of rotatable bonds is 4. The number of halogens is 1. The van der Waals surface area contributed by atoms with E-state index in [1.54, 1.807) is 7.05 Å². The number of likely N-dealkylation sites (N-methyl/N-ethyl adjacent to an activating group) is 1. The van der Waals surface area contributed by atoms with Crippen LogP contribution in [0.4, 0.5) is 10.1 Å². The lowest BCUT2D eigenvalue weighted by molar-refractivity contribution is -0.120. The zero-order chi connectivity index (χ0) is 13.8. The number of carbonyl (C=O) groups is 1. The molecule has 2 atom stereocenters. The molecule has 2 N–H and O–H groups in total. The molecule has 1 aliphatic heterocycles. The van der Waals surface area contributed by atoms with E-state index in [9.17, 15) is 9.18 Å². The van der Waals surface area contributed by atoms with Gasteiger partial charge >= 0.3 is 0 Å². The lowest BCUT2D eigenvalue weighted by Gasteiger charge is -2.17. The summed E-state index contributed by atoms with van der Waals surface area (Å²) in [5, 5.41) is 5.59. The van der Waals surface area contributed by atoms with E-state index in [0.717, 1.165) is 0 Å². The molecule has 1 heterocycles. The van der Waals surface area contributed by atoms with Crippen molar-refractivity contribution >= 4 is 11.6 Å². The Morgan fingerprint density at radius 3 is 2.95 bits per heavy atom. The van der Waals surface area contributed by atoms with Crippen LogP contribution in [0.15, 0.2) is 18.2 Å². The fraction of sp³-hybridized carbons (Fsp3) is 0.462. The minimum Gasteiger partial charge on any atom is -0.497 e. The summed E-state index contributed by atoms with van der Waals surface area (Å²) in [5.74, 6) is -0.585. The summed E-state index contributed by atoms with van der Waals surface area (Å²) in [7, 11) is 3.26. The molecule has 1 fully saturated rings. The van der Waals surface area contributed by atoms with E-state index in [1.165, 1.54) is 25.3 Å². The Bertz CT molecular complexity index is 467. The number of nitrogens with one attached hydrogen (secondary N) is 2. The molecule has 0 saturated carbocycles. The minimum atomic E-state index is -0.492. The second kappa shape index (κ2) is 5.99. The standard InChI is InChI=1S/C13H17FN2O3/c1-15-12-7-19-6-9(12)13(17)16-11-5-8(18-2)3-4-10(11)14/h3-5,9,12,15H,6-7H2,1-2H3,(H,16,17). The highest BCUT2D eigenvalue weighted by Crippen LogP contribution is 2.23. The van der Waals surface area contributed by atoms with Gasteiger partial charge in [-0.25, -0.2) is 4.39 Å². The molecule has 19 heavy (non-hydrogen) atoms. The van der Waals surface area contributed by atoms with Gasteiger partial charge in [-0.05, 0) is 19.2 Å². The zero-order valence-corrected chi connectivity index (χ0v) is 10.9. The summed E-state index contributed by atoms with van der Waals surface area (Å²) < 4.78 is 23.9. The Kier molecular flexibility index (Phi) is 4.34. The number of carbonyl (C=O) groups excluding carboxylic acids is 1. The average Bonchev–Trinajstić information content (AvgIpc) is 2.89. The molecule has 1 aromatic rings. The van der Waals surface area contributed by atoms with E-state index < -0.39 is 5.82 Å². The van der Waals surface area contributed by atoms with Crippen LogP contribution in [0.5, 0.6) is 5.75 Å². The van der Waals surface area contributed by atoms with Crippen LogP contribution in [0, 0.1) is 11.7 Å². The van der Waals surface area contributed by atoms with Crippen LogP contribution in [0.1, 0.15) is 0 Å². The minimum absolute atomic E-state index is 0.0475. The fourth-order valence-corrected chi connectivity index (χ4v) is 2.05. The van der Waals surface area contributed by atoms with Gasteiger partial charge in [0.15, 0.2) is 0 Å². The van der Waals surface area contributed by atoms with Gasteiger partial charge < -0.3 is 20.1 Å². The summed E-state index contributed by atoms with van der Waals surface area (Å²) >= 11 is 0. The van der Waals surface area contributed by atoms with Crippen LogP contribution in [0.2, 0.25) is 0 Å². The highest BCUT2D eigenvalue weighted by atomic mass is 19.1. The topological polar surface area (TPSA) is 59.6 Å². The van der Waals surface area contributed by atoms with Crippen LogP contribution >= 0.6 is 0 Å². The predicted molar refractivity (Wildman–Crippen MR) is 68.7 cm³/mol. The van der Waals surface area contributed by atoms with Crippen molar-refractivity contribution in [2.45, 2.75) is 6.04 Å². The van der Waals surface area contributed by atoms with Gasteiger partial charge in [0.25, 0.3) is 0 Å². The van der Waals surface area contributed by atoms with Gasteiger partial charge in [-0.1, -0.05) is 0 Å². The van der Waals surface area contributed by atoms with Crippen LogP contribution in [0.3, 0.4) is 0 Å². The van der Waals surface area contributed by atoms with Crippen LogP contribution in [-0.2, 0) is 9.53 Å². The molecule has 104 valence electrons. The first-order valence-electron chi connectivity index (χ1n) is 6.05. The monoisotopic (exact) mass is 268 g/mol. The van der Waals surface area contributed by atoms with Crippen LogP contribution in [0.25, 0.3) is 0 Å². The smallest absolute Gasteiger partial charge is 0.231 e. The predicted octanol–water partition coefficient (Wildman–Crippen LogP) is 1.01. The van der Waals surface area contributed by atoms with Crippen molar-refractivity contribution in [3.05, 3.63) is 24.0 Å². The molecule has 2 unspecified atom stereocenters. The Morgan fingerprint density at radius 2 is 2.26 bits per heavy atom. The van der Waals surface area contributed by atoms with Crippen molar-refractivity contribution < 1.29 is 18.7 Å². The number of methoxy groups -OCH3 is 1. The zero-order valence-electron chi connectivity index (χ0n) is 10.9. The van der Waals surface area contributed by atoms with E-state index in [0.29, 0.717) is 19.0 Å². The van der Waals surface area contributed by atoms with Gasteiger partial charge in [0.05, 0.1) is 31.9 Å². The molecule has 0 aliphatic carbocycles. The Balaban J connectivity index is 2.10. The second-order valence-corrected chi connectivity index (χ2v) is 4.37. The van der Waals surface area contributed by atoms with Gasteiger partial charge in [-0.3, -0.25) is 4.79 Å². The first kappa shape index (κ1) is 13.8. The summed E-state index contributed by atoms with van der Waals surface area (Å²) in [6, 6.07) is 4.17. The highest BCUT2D eigenvalue weighted by molar-refractivity contribution is 5.93. The molecule has 6 heteroatoms. The number of hydrogen-bond acceptors (Lipinski definition) is 4. The van der Waals surface area contributed by atoms with Gasteiger partial charge in [0.1, 0.15) is 11.6 Å². The highest BCUT2D eigenvalue weighted by Gasteiger charge is 2.33. The van der Waals surface area contributed by atoms with Gasteiger partial charge in [-0.2, -0.15) is 0 Å². The molecule has 5 nitrogen and oxygen atoms in total. The van der Waals surface area contributed by atoms with Crippen molar-refractivity contribution in [1.82, 2.24) is 5.32 Å². The lowest BCUT2D eigenvalue weighted by atomic mass is 10.0. The maximum atomic E-state index is 13.6. The van der Waals surface area contributed by atoms with Gasteiger partial charge in [-0.15, -0.1) is 0 Å². The quantitative estimate of drug-likeness (QED) is 0.855. The third kappa shape index (κ3) is 3.02. The number of hydrogen-bond donors (Lipinski definition) is 2. The summed E-state index contributed by atoms with van der Waals surface area (Å²) in [6.45, 7) is 0.818. The number of anilines is 1. The first-order valence-corrected chi connectivity index (χ1v) is 6.05. The molecule has 0 aromatic heterocycles. The number of ether oxygens (including phenoxy) is 2. The number of amides is 1. The molecule has 1 saturated heterocycles. The molecule has 1 aromatic carbocycles. The van der Waals surface area contributed by atoms with Crippen LogP contribution in [-0.4, -0.2) is 39.3 Å². The maximum absolute atomic E-state index is 13.6. The van der Waals surface area contributed by atoms with Crippen molar-refractivity contribution in [2.75, 3.05) is 32.7 Å². The SMILES string of the molecule is CNC1COCC1C(=O)Nc1cc(OC)ccc1F. The summed E-state index contributed by atoms with van der Waals surface area (Å²) in [6.07, 6.45) is 0. The van der Waals surface area contributed by atoms with Crippen LogP contribution < -0.4 is 15.4 Å². The molecule has 0 bridgehead atoms. The van der Waals surface area contributed by atoms with E-state index in [4.69, 9.17) is 9.47 Å². The van der Waals surface area contributed by atoms with Gasteiger partial charge in [0, 0.05) is 12.1 Å². The third-order valence-corrected chi connectivity index (χ3v) is 3.22. The summed E-state index contributed by atoms with van der Waals surface area (Å²) in [4.78, 5) is 12.1. The van der Waals surface area contributed by atoms with Crippen molar-refractivity contribution in [2.24, 2.45) is 5.92 Å². The molecule has 2 rings (SSSR count). The van der Waals surface area contributed by atoms with E-state index in [-0.39, 0.29) is 23.6 Å². The van der Waals surface area contributed by atoms with E-state index in [2.05, 4.69) is 10.6 Å². The molecule has 1 aliphatic rings. The van der Waals surface area contributed by atoms with Crippen molar-refractivity contribution in [1.29, 1.82) is 0 Å². The van der Waals surface area contributed by atoms with E-state index >= 15 is 0 Å².